The molecule has 0 aromatic carbocycles. The van der Waals surface area contributed by atoms with Gasteiger partial charge in [-0.25, -0.2) is 0 Å². The van der Waals surface area contributed by atoms with Gasteiger partial charge >= 0.3 is 0 Å². The molecule has 1 aliphatic rings. The Hall–Kier alpha value is -0.0400. The molecule has 0 atom stereocenters. The van der Waals surface area contributed by atoms with E-state index < -0.39 is 0 Å². The quantitative estimate of drug-likeness (QED) is 0.537. The molecule has 1 fully saturated rings. The first-order valence-corrected chi connectivity index (χ1v) is 6.23. The summed E-state index contributed by atoms with van der Waals surface area (Å²) in [7, 11) is 3.25. The fourth-order valence-corrected chi connectivity index (χ4v) is 1.06. The van der Waals surface area contributed by atoms with Crippen LogP contribution in [-0.2, 0) is 4.74 Å². The molecule has 1 heteroatoms. The number of ether oxygens (including phenoxy) is 1. The Labute approximate surface area is 92.2 Å². The lowest BCUT2D eigenvalue weighted by atomic mass is 10.0. The van der Waals surface area contributed by atoms with E-state index in [1.165, 1.54) is 44.9 Å². The minimum atomic E-state index is 1.25. The third-order valence-electron chi connectivity index (χ3n) is 1.50. The summed E-state index contributed by atoms with van der Waals surface area (Å²) in [4.78, 5) is 0. The van der Waals surface area contributed by atoms with Gasteiger partial charge in [0.05, 0.1) is 0 Å². The maximum atomic E-state index is 4.25. The van der Waals surface area contributed by atoms with Crippen molar-refractivity contribution in [3.05, 3.63) is 0 Å². The monoisotopic (exact) mass is 204 g/mol. The van der Waals surface area contributed by atoms with Gasteiger partial charge in [0.25, 0.3) is 0 Å². The van der Waals surface area contributed by atoms with Gasteiger partial charge in [0, 0.05) is 14.2 Å². The highest BCUT2D eigenvalue weighted by molar-refractivity contribution is 4.51. The van der Waals surface area contributed by atoms with Crippen molar-refractivity contribution in [1.29, 1.82) is 0 Å². The van der Waals surface area contributed by atoms with Crippen molar-refractivity contribution in [2.75, 3.05) is 14.2 Å². The zero-order chi connectivity index (χ0) is 11.7. The summed E-state index contributed by atoms with van der Waals surface area (Å²) in [5.41, 5.74) is 0. The van der Waals surface area contributed by atoms with E-state index in [4.69, 9.17) is 0 Å². The summed E-state index contributed by atoms with van der Waals surface area (Å²) in [5.74, 6) is 0. The van der Waals surface area contributed by atoms with E-state index in [1.54, 1.807) is 14.2 Å². The highest BCUT2D eigenvalue weighted by Gasteiger charge is 1.95. The molecule has 1 nitrogen and oxygen atoms in total. The van der Waals surface area contributed by atoms with Gasteiger partial charge < -0.3 is 4.74 Å². The Balaban J connectivity index is -0.000000132. The molecular formula is C13H32O. The highest BCUT2D eigenvalue weighted by atomic mass is 16.4. The number of hydrogen-bond acceptors (Lipinski definition) is 1. The average molecular weight is 204 g/mol. The van der Waals surface area contributed by atoms with Gasteiger partial charge in [0.15, 0.2) is 0 Å². The highest BCUT2D eigenvalue weighted by Crippen LogP contribution is 2.15. The SMILES string of the molecule is C1CCCCC1.CC.CCC.COC. The Morgan fingerprint density at radius 1 is 0.714 bits per heavy atom. The van der Waals surface area contributed by atoms with E-state index in [9.17, 15) is 0 Å². The van der Waals surface area contributed by atoms with Crippen molar-refractivity contribution in [1.82, 2.24) is 0 Å². The van der Waals surface area contributed by atoms with E-state index in [-0.39, 0.29) is 0 Å². The van der Waals surface area contributed by atoms with Crippen molar-refractivity contribution in [3.63, 3.8) is 0 Å². The van der Waals surface area contributed by atoms with Gasteiger partial charge in [-0.05, 0) is 0 Å². The average Bonchev–Trinajstić information content (AvgIpc) is 2.26. The van der Waals surface area contributed by atoms with Crippen LogP contribution >= 0.6 is 0 Å². The minimum Gasteiger partial charge on any atom is -0.388 e. The Morgan fingerprint density at radius 2 is 0.786 bits per heavy atom. The maximum absolute atomic E-state index is 4.25. The van der Waals surface area contributed by atoms with Crippen LogP contribution in [0.25, 0.3) is 0 Å². The van der Waals surface area contributed by atoms with E-state index in [1.807, 2.05) is 13.8 Å². The number of methoxy groups -OCH3 is 1. The summed E-state index contributed by atoms with van der Waals surface area (Å²) in [6.45, 7) is 8.25. The summed E-state index contributed by atoms with van der Waals surface area (Å²) in [5, 5.41) is 0. The predicted octanol–water partition coefficient (Wildman–Crippen LogP) is 5.05. The van der Waals surface area contributed by atoms with Gasteiger partial charge in [-0.2, -0.15) is 0 Å². The molecule has 0 aromatic heterocycles. The molecule has 0 aliphatic heterocycles. The van der Waals surface area contributed by atoms with Gasteiger partial charge in [-0.15, -0.1) is 0 Å². The second-order valence-electron chi connectivity index (χ2n) is 3.24. The molecule has 1 aliphatic carbocycles. The first-order chi connectivity index (χ1) is 6.83. The lowest BCUT2D eigenvalue weighted by molar-refractivity contribution is 0.277. The fraction of sp³-hybridized carbons (Fsp3) is 1.00. The number of rotatable bonds is 0. The third-order valence-corrected chi connectivity index (χ3v) is 1.50. The Kier molecular flexibility index (Phi) is 40.8. The van der Waals surface area contributed by atoms with Crippen LogP contribution in [0.3, 0.4) is 0 Å². The van der Waals surface area contributed by atoms with Crippen molar-refractivity contribution < 1.29 is 4.74 Å². The first kappa shape index (κ1) is 19.5. The summed E-state index contributed by atoms with van der Waals surface area (Å²) in [6, 6.07) is 0. The van der Waals surface area contributed by atoms with E-state index in [0.29, 0.717) is 0 Å². The summed E-state index contributed by atoms with van der Waals surface area (Å²) in [6.07, 6.45) is 10.2. The standard InChI is InChI=1S/C6H12.C3H8.C2H6O.C2H6/c1-2-4-6-5-3-1;2*1-3-2;1-2/h1-6H2;3H2,1-2H3;1-2H3;1-2H3. The van der Waals surface area contributed by atoms with Crippen molar-refractivity contribution >= 4 is 0 Å². The fourth-order valence-electron chi connectivity index (χ4n) is 1.06. The molecular weight excluding hydrogens is 172 g/mol. The van der Waals surface area contributed by atoms with E-state index in [2.05, 4.69) is 18.6 Å². The normalized spacial score (nSPS) is 13.3. The molecule has 0 spiro atoms. The van der Waals surface area contributed by atoms with Crippen LogP contribution in [-0.4, -0.2) is 14.2 Å². The summed E-state index contributed by atoms with van der Waals surface area (Å²) < 4.78 is 4.25. The molecule has 90 valence electrons. The van der Waals surface area contributed by atoms with E-state index in [0.717, 1.165) is 0 Å². The molecule has 1 rings (SSSR count). The van der Waals surface area contributed by atoms with Crippen LogP contribution in [0.4, 0.5) is 0 Å². The second kappa shape index (κ2) is 29.3. The third kappa shape index (κ3) is 40.4. The first-order valence-electron chi connectivity index (χ1n) is 6.23. The molecule has 1 saturated carbocycles. The lowest BCUT2D eigenvalue weighted by Gasteiger charge is -2.05. The van der Waals surface area contributed by atoms with Crippen LogP contribution in [0, 0.1) is 0 Å². The van der Waals surface area contributed by atoms with E-state index >= 15 is 0 Å². The minimum absolute atomic E-state index is 1.25. The molecule has 0 heterocycles. The molecule has 0 aromatic rings. The molecule has 14 heavy (non-hydrogen) atoms. The van der Waals surface area contributed by atoms with Gasteiger partial charge in [-0.3, -0.25) is 0 Å². The summed E-state index contributed by atoms with van der Waals surface area (Å²) >= 11 is 0. The number of hydrogen-bond donors (Lipinski definition) is 0. The Morgan fingerprint density at radius 3 is 0.857 bits per heavy atom. The molecule has 0 saturated heterocycles. The van der Waals surface area contributed by atoms with Crippen molar-refractivity contribution in [3.8, 4) is 0 Å². The topological polar surface area (TPSA) is 9.23 Å². The van der Waals surface area contributed by atoms with Crippen LogP contribution in [0.2, 0.25) is 0 Å². The molecule has 0 N–H and O–H groups in total. The molecule has 0 radical (unpaired) electrons. The lowest BCUT2D eigenvalue weighted by Crippen LogP contribution is -1.85. The molecule has 0 amide bonds. The molecule has 0 bridgehead atoms. The van der Waals surface area contributed by atoms with Crippen molar-refractivity contribution in [2.45, 2.75) is 72.6 Å². The zero-order valence-corrected chi connectivity index (χ0v) is 11.4. The largest absolute Gasteiger partial charge is 0.388 e. The van der Waals surface area contributed by atoms with Crippen LogP contribution in [0.15, 0.2) is 0 Å². The Bertz CT molecular complexity index is 35.7. The van der Waals surface area contributed by atoms with Crippen molar-refractivity contribution in [2.24, 2.45) is 0 Å². The van der Waals surface area contributed by atoms with Crippen LogP contribution < -0.4 is 0 Å². The second-order valence-corrected chi connectivity index (χ2v) is 3.24. The van der Waals surface area contributed by atoms with Crippen LogP contribution in [0.1, 0.15) is 72.6 Å². The zero-order valence-electron chi connectivity index (χ0n) is 11.4. The maximum Gasteiger partial charge on any atom is 0.0351 e. The molecule has 0 unspecified atom stereocenters. The smallest absolute Gasteiger partial charge is 0.0351 e. The van der Waals surface area contributed by atoms with Crippen LogP contribution in [0.5, 0.6) is 0 Å². The predicted molar refractivity (Wildman–Crippen MR) is 67.9 cm³/mol. The van der Waals surface area contributed by atoms with Gasteiger partial charge in [0.2, 0.25) is 0 Å². The van der Waals surface area contributed by atoms with Gasteiger partial charge in [-0.1, -0.05) is 72.6 Å². The van der Waals surface area contributed by atoms with Gasteiger partial charge in [0.1, 0.15) is 0 Å².